The third kappa shape index (κ3) is 4.66. The van der Waals surface area contributed by atoms with E-state index >= 15 is 0 Å². The molecule has 1 unspecified atom stereocenters. The van der Waals surface area contributed by atoms with Crippen molar-refractivity contribution in [3.8, 4) is 0 Å². The molecule has 0 radical (unpaired) electrons. The van der Waals surface area contributed by atoms with Crippen molar-refractivity contribution in [3.05, 3.63) is 0 Å². The van der Waals surface area contributed by atoms with Crippen LogP contribution in [0.2, 0.25) is 0 Å². The lowest BCUT2D eigenvalue weighted by Crippen LogP contribution is -2.39. The number of hydrogen-bond acceptors (Lipinski definition) is 2. The van der Waals surface area contributed by atoms with Crippen molar-refractivity contribution < 1.29 is 4.79 Å². The lowest BCUT2D eigenvalue weighted by Gasteiger charge is -2.25. The molecule has 17 heavy (non-hydrogen) atoms. The van der Waals surface area contributed by atoms with Crippen LogP contribution in [-0.4, -0.2) is 37.0 Å². The summed E-state index contributed by atoms with van der Waals surface area (Å²) in [7, 11) is 0. The summed E-state index contributed by atoms with van der Waals surface area (Å²) < 4.78 is 0. The first-order chi connectivity index (χ1) is 7.96. The van der Waals surface area contributed by atoms with E-state index in [2.05, 4.69) is 31.0 Å². The molecule has 1 saturated heterocycles. The van der Waals surface area contributed by atoms with E-state index in [4.69, 9.17) is 0 Å². The highest BCUT2D eigenvalue weighted by Gasteiger charge is 2.27. The van der Waals surface area contributed by atoms with Crippen molar-refractivity contribution in [2.24, 2.45) is 11.3 Å². The minimum atomic E-state index is 0.108. The number of hydrogen-bond donors (Lipinski definition) is 1. The number of nitrogens with zero attached hydrogens (tertiary/aromatic N) is 1. The van der Waals surface area contributed by atoms with Crippen molar-refractivity contribution in [2.45, 2.75) is 47.0 Å². The Morgan fingerprint density at radius 3 is 2.71 bits per heavy atom. The van der Waals surface area contributed by atoms with E-state index in [0.29, 0.717) is 11.3 Å². The number of carbonyl (C=O) groups excluding carboxylic acids is 1. The Kier molecular flexibility index (Phi) is 5.44. The summed E-state index contributed by atoms with van der Waals surface area (Å²) in [6.07, 6.45) is 3.51. The van der Waals surface area contributed by atoms with Crippen molar-refractivity contribution in [1.82, 2.24) is 10.2 Å². The van der Waals surface area contributed by atoms with Gasteiger partial charge in [0, 0.05) is 25.6 Å². The summed E-state index contributed by atoms with van der Waals surface area (Å²) in [5, 5.41) is 3.25. The lowest BCUT2D eigenvalue weighted by molar-refractivity contribution is -0.134. The minimum absolute atomic E-state index is 0.108. The smallest absolute Gasteiger partial charge is 0.226 e. The van der Waals surface area contributed by atoms with Crippen LogP contribution in [-0.2, 0) is 4.79 Å². The van der Waals surface area contributed by atoms with Gasteiger partial charge >= 0.3 is 0 Å². The molecule has 0 bridgehead atoms. The molecule has 100 valence electrons. The molecule has 1 fully saturated rings. The van der Waals surface area contributed by atoms with Gasteiger partial charge in [-0.25, -0.2) is 0 Å². The van der Waals surface area contributed by atoms with Gasteiger partial charge in [0.15, 0.2) is 0 Å². The van der Waals surface area contributed by atoms with Gasteiger partial charge < -0.3 is 10.2 Å². The van der Waals surface area contributed by atoms with Gasteiger partial charge in [-0.05, 0) is 31.2 Å². The van der Waals surface area contributed by atoms with Crippen molar-refractivity contribution in [1.29, 1.82) is 0 Å². The molecule has 0 aromatic carbocycles. The Balaban J connectivity index is 2.46. The average Bonchev–Trinajstić information content (AvgIpc) is 2.46. The van der Waals surface area contributed by atoms with Crippen molar-refractivity contribution in [3.63, 3.8) is 0 Å². The monoisotopic (exact) mass is 240 g/mol. The second-order valence-corrected chi connectivity index (χ2v) is 6.05. The molecule has 0 aliphatic carbocycles. The maximum absolute atomic E-state index is 12.3. The average molecular weight is 240 g/mol. The summed E-state index contributed by atoms with van der Waals surface area (Å²) in [4.78, 5) is 14.3. The van der Waals surface area contributed by atoms with Crippen LogP contribution in [0.3, 0.4) is 0 Å². The topological polar surface area (TPSA) is 32.3 Å². The standard InChI is InChI=1S/C14H28N2O/c1-5-15-11-12(2)13(17)16-9-6-7-14(3,4)8-10-16/h12,15H,5-11H2,1-4H3. The molecule has 0 spiro atoms. The minimum Gasteiger partial charge on any atom is -0.342 e. The first kappa shape index (κ1) is 14.5. The SMILES string of the molecule is CCNCC(C)C(=O)N1CCCC(C)(C)CC1. The zero-order valence-corrected chi connectivity index (χ0v) is 11.9. The predicted octanol–water partition coefficient (Wildman–Crippen LogP) is 2.27. The van der Waals surface area contributed by atoms with E-state index in [0.717, 1.165) is 39.0 Å². The normalized spacial score (nSPS) is 22.0. The fraction of sp³-hybridized carbons (Fsp3) is 0.929. The van der Waals surface area contributed by atoms with E-state index in [-0.39, 0.29) is 5.92 Å². The number of carbonyl (C=O) groups is 1. The highest BCUT2D eigenvalue weighted by molar-refractivity contribution is 5.78. The Hall–Kier alpha value is -0.570. The van der Waals surface area contributed by atoms with Crippen molar-refractivity contribution in [2.75, 3.05) is 26.2 Å². The van der Waals surface area contributed by atoms with E-state index in [1.165, 1.54) is 6.42 Å². The first-order valence-electron chi connectivity index (χ1n) is 6.96. The first-order valence-corrected chi connectivity index (χ1v) is 6.96. The van der Waals surface area contributed by atoms with Gasteiger partial charge in [0.25, 0.3) is 0 Å². The molecule has 1 aliphatic rings. The van der Waals surface area contributed by atoms with Gasteiger partial charge in [-0.3, -0.25) is 4.79 Å². The largest absolute Gasteiger partial charge is 0.342 e. The quantitative estimate of drug-likeness (QED) is 0.817. The van der Waals surface area contributed by atoms with Crippen LogP contribution in [0.25, 0.3) is 0 Å². The molecule has 3 nitrogen and oxygen atoms in total. The van der Waals surface area contributed by atoms with Crippen LogP contribution in [0.1, 0.15) is 47.0 Å². The molecule has 1 amide bonds. The summed E-state index contributed by atoms with van der Waals surface area (Å²) in [6, 6.07) is 0. The maximum Gasteiger partial charge on any atom is 0.226 e. The molecule has 1 aliphatic heterocycles. The van der Waals surface area contributed by atoms with Gasteiger partial charge in [-0.2, -0.15) is 0 Å². The molecule has 1 N–H and O–H groups in total. The van der Waals surface area contributed by atoms with Crippen LogP contribution >= 0.6 is 0 Å². The fourth-order valence-electron chi connectivity index (χ4n) is 2.40. The lowest BCUT2D eigenvalue weighted by atomic mass is 9.85. The van der Waals surface area contributed by atoms with Gasteiger partial charge in [0.1, 0.15) is 0 Å². The van der Waals surface area contributed by atoms with Crippen LogP contribution in [0.4, 0.5) is 0 Å². The Bertz CT molecular complexity index is 251. The molecule has 1 atom stereocenters. The molecule has 1 heterocycles. The molecule has 3 heteroatoms. The zero-order valence-electron chi connectivity index (χ0n) is 11.9. The fourth-order valence-corrected chi connectivity index (χ4v) is 2.40. The van der Waals surface area contributed by atoms with E-state index in [1.54, 1.807) is 0 Å². The second kappa shape index (κ2) is 6.39. The van der Waals surface area contributed by atoms with Gasteiger partial charge in [0.05, 0.1) is 0 Å². The Morgan fingerprint density at radius 2 is 2.06 bits per heavy atom. The highest BCUT2D eigenvalue weighted by Crippen LogP contribution is 2.30. The van der Waals surface area contributed by atoms with Crippen LogP contribution in [0.15, 0.2) is 0 Å². The van der Waals surface area contributed by atoms with E-state index in [9.17, 15) is 4.79 Å². The Morgan fingerprint density at radius 1 is 1.35 bits per heavy atom. The van der Waals surface area contributed by atoms with E-state index < -0.39 is 0 Å². The third-order valence-electron chi connectivity index (χ3n) is 3.77. The van der Waals surface area contributed by atoms with Gasteiger partial charge in [-0.15, -0.1) is 0 Å². The summed E-state index contributed by atoms with van der Waals surface area (Å²) in [6.45, 7) is 12.3. The van der Waals surface area contributed by atoms with Crippen LogP contribution < -0.4 is 5.32 Å². The van der Waals surface area contributed by atoms with Crippen molar-refractivity contribution >= 4 is 5.91 Å². The highest BCUT2D eigenvalue weighted by atomic mass is 16.2. The second-order valence-electron chi connectivity index (χ2n) is 6.05. The predicted molar refractivity (Wildman–Crippen MR) is 71.9 cm³/mol. The molecule has 0 saturated carbocycles. The summed E-state index contributed by atoms with van der Waals surface area (Å²) >= 11 is 0. The maximum atomic E-state index is 12.3. The Labute approximate surface area is 106 Å². The third-order valence-corrected chi connectivity index (χ3v) is 3.77. The molecular formula is C14H28N2O. The molecule has 1 rings (SSSR count). The summed E-state index contributed by atoms with van der Waals surface area (Å²) in [5.74, 6) is 0.430. The molecule has 0 aromatic rings. The number of likely N-dealkylation sites (tertiary alicyclic amines) is 1. The van der Waals surface area contributed by atoms with E-state index in [1.807, 2.05) is 6.92 Å². The molecular weight excluding hydrogens is 212 g/mol. The number of rotatable bonds is 4. The van der Waals surface area contributed by atoms with Gasteiger partial charge in [0.2, 0.25) is 5.91 Å². The molecule has 0 aromatic heterocycles. The number of nitrogens with one attached hydrogen (secondary N) is 1. The summed E-state index contributed by atoms with van der Waals surface area (Å²) in [5.41, 5.74) is 0.403. The zero-order chi connectivity index (χ0) is 12.9. The van der Waals surface area contributed by atoms with Crippen LogP contribution in [0.5, 0.6) is 0 Å². The number of amides is 1. The van der Waals surface area contributed by atoms with Gasteiger partial charge in [-0.1, -0.05) is 27.7 Å². The van der Waals surface area contributed by atoms with Crippen LogP contribution in [0, 0.1) is 11.3 Å².